The van der Waals surface area contributed by atoms with Crippen LogP contribution >= 0.6 is 11.6 Å². The van der Waals surface area contributed by atoms with Gasteiger partial charge in [0.2, 0.25) is 5.91 Å². The van der Waals surface area contributed by atoms with E-state index in [1.807, 2.05) is 18.2 Å². The maximum atomic E-state index is 11.8. The van der Waals surface area contributed by atoms with Crippen molar-refractivity contribution in [2.75, 3.05) is 20.3 Å². The van der Waals surface area contributed by atoms with Gasteiger partial charge < -0.3 is 20.1 Å². The molecule has 0 saturated carbocycles. The number of amides is 2. The van der Waals surface area contributed by atoms with Crippen molar-refractivity contribution in [1.82, 2.24) is 10.6 Å². The second kappa shape index (κ2) is 9.54. The monoisotopic (exact) mass is 362 g/mol. The number of rotatable bonds is 8. The van der Waals surface area contributed by atoms with E-state index in [1.54, 1.807) is 30.3 Å². The minimum absolute atomic E-state index is 0.140. The lowest BCUT2D eigenvalue weighted by Gasteiger charge is -2.11. The Labute approximate surface area is 151 Å². The van der Waals surface area contributed by atoms with Crippen molar-refractivity contribution in [2.24, 2.45) is 0 Å². The smallest absolute Gasteiger partial charge is 0.258 e. The second-order valence-corrected chi connectivity index (χ2v) is 5.49. The van der Waals surface area contributed by atoms with E-state index in [4.69, 9.17) is 21.1 Å². The predicted octanol–water partition coefficient (Wildman–Crippen LogP) is 2.16. The highest BCUT2D eigenvalue weighted by Crippen LogP contribution is 2.25. The lowest BCUT2D eigenvalue weighted by Crippen LogP contribution is -2.38. The quantitative estimate of drug-likeness (QED) is 0.754. The first-order valence-electron chi connectivity index (χ1n) is 7.62. The molecular formula is C18H19ClN2O4. The molecular weight excluding hydrogens is 344 g/mol. The van der Waals surface area contributed by atoms with E-state index in [0.717, 1.165) is 5.56 Å². The number of hydrogen-bond donors (Lipinski definition) is 2. The molecule has 7 heteroatoms. The van der Waals surface area contributed by atoms with Crippen LogP contribution in [0.1, 0.15) is 5.56 Å². The maximum absolute atomic E-state index is 11.8. The van der Waals surface area contributed by atoms with Crippen molar-refractivity contribution in [2.45, 2.75) is 6.54 Å². The Morgan fingerprint density at radius 3 is 2.36 bits per heavy atom. The molecule has 0 aliphatic heterocycles. The van der Waals surface area contributed by atoms with Crippen LogP contribution < -0.4 is 20.1 Å². The number of methoxy groups -OCH3 is 1. The SMILES string of the molecule is COc1ccccc1OCC(=O)NCC(=O)NCc1ccccc1Cl. The average Bonchev–Trinajstić information content (AvgIpc) is 2.64. The van der Waals surface area contributed by atoms with Crippen LogP contribution in [0.2, 0.25) is 5.02 Å². The van der Waals surface area contributed by atoms with Crippen LogP contribution in [0.15, 0.2) is 48.5 Å². The molecule has 2 amide bonds. The molecule has 0 saturated heterocycles. The Hall–Kier alpha value is -2.73. The average molecular weight is 363 g/mol. The molecule has 6 nitrogen and oxygen atoms in total. The molecule has 2 aromatic carbocycles. The Morgan fingerprint density at radius 1 is 0.960 bits per heavy atom. The summed E-state index contributed by atoms with van der Waals surface area (Å²) >= 11 is 6.01. The van der Waals surface area contributed by atoms with Crippen molar-refractivity contribution in [3.63, 3.8) is 0 Å². The molecule has 0 unspecified atom stereocenters. The molecule has 0 radical (unpaired) electrons. The molecule has 0 fully saturated rings. The first-order chi connectivity index (χ1) is 12.1. The number of hydrogen-bond acceptors (Lipinski definition) is 4. The van der Waals surface area contributed by atoms with Gasteiger partial charge in [-0.15, -0.1) is 0 Å². The van der Waals surface area contributed by atoms with Crippen molar-refractivity contribution in [1.29, 1.82) is 0 Å². The van der Waals surface area contributed by atoms with Gasteiger partial charge in [0.15, 0.2) is 18.1 Å². The van der Waals surface area contributed by atoms with Crippen molar-refractivity contribution in [3.05, 3.63) is 59.1 Å². The lowest BCUT2D eigenvalue weighted by molar-refractivity contribution is -0.127. The number of halogens is 1. The molecule has 2 N–H and O–H groups in total. The largest absolute Gasteiger partial charge is 0.493 e. The maximum Gasteiger partial charge on any atom is 0.258 e. The number of carbonyl (C=O) groups is 2. The molecule has 25 heavy (non-hydrogen) atoms. The molecule has 0 bridgehead atoms. The Kier molecular flexibility index (Phi) is 7.10. The van der Waals surface area contributed by atoms with E-state index in [9.17, 15) is 9.59 Å². The number of para-hydroxylation sites is 2. The highest BCUT2D eigenvalue weighted by Gasteiger charge is 2.09. The highest BCUT2D eigenvalue weighted by atomic mass is 35.5. The van der Waals surface area contributed by atoms with Crippen molar-refractivity contribution in [3.8, 4) is 11.5 Å². The van der Waals surface area contributed by atoms with E-state index >= 15 is 0 Å². The van der Waals surface area contributed by atoms with Gasteiger partial charge in [0.1, 0.15) is 0 Å². The molecule has 0 aliphatic rings. The Morgan fingerprint density at radius 2 is 1.64 bits per heavy atom. The van der Waals surface area contributed by atoms with Gasteiger partial charge in [-0.1, -0.05) is 41.9 Å². The van der Waals surface area contributed by atoms with Crippen LogP contribution in [-0.2, 0) is 16.1 Å². The summed E-state index contributed by atoms with van der Waals surface area (Å²) in [4.78, 5) is 23.5. The Bertz CT molecular complexity index is 737. The molecule has 2 aromatic rings. The van der Waals surface area contributed by atoms with Crippen LogP contribution in [-0.4, -0.2) is 32.1 Å². The summed E-state index contributed by atoms with van der Waals surface area (Å²) in [6.45, 7) is -0.0527. The molecule has 0 aromatic heterocycles. The second-order valence-electron chi connectivity index (χ2n) is 5.08. The first kappa shape index (κ1) is 18.6. The van der Waals surface area contributed by atoms with Crippen molar-refractivity contribution < 1.29 is 19.1 Å². The van der Waals surface area contributed by atoms with Crippen LogP contribution in [0.4, 0.5) is 0 Å². The van der Waals surface area contributed by atoms with E-state index in [0.29, 0.717) is 23.1 Å². The fraction of sp³-hybridized carbons (Fsp3) is 0.222. The summed E-state index contributed by atoms with van der Waals surface area (Å²) in [5.74, 6) is 0.278. The fourth-order valence-corrected chi connectivity index (χ4v) is 2.21. The summed E-state index contributed by atoms with van der Waals surface area (Å²) < 4.78 is 10.5. The number of benzene rings is 2. The van der Waals surface area contributed by atoms with Gasteiger partial charge >= 0.3 is 0 Å². The van der Waals surface area contributed by atoms with E-state index in [-0.39, 0.29) is 19.1 Å². The normalized spacial score (nSPS) is 10.0. The summed E-state index contributed by atoms with van der Waals surface area (Å²) in [7, 11) is 1.52. The van der Waals surface area contributed by atoms with Gasteiger partial charge in [-0.2, -0.15) is 0 Å². The van der Waals surface area contributed by atoms with E-state index in [2.05, 4.69) is 10.6 Å². The molecule has 0 spiro atoms. The van der Waals surface area contributed by atoms with E-state index < -0.39 is 5.91 Å². The minimum Gasteiger partial charge on any atom is -0.493 e. The number of ether oxygens (including phenoxy) is 2. The van der Waals surface area contributed by atoms with Gasteiger partial charge in [-0.05, 0) is 23.8 Å². The van der Waals surface area contributed by atoms with Crippen LogP contribution in [0.3, 0.4) is 0 Å². The van der Waals surface area contributed by atoms with Gasteiger partial charge in [0.05, 0.1) is 13.7 Å². The number of carbonyl (C=O) groups excluding carboxylic acids is 2. The van der Waals surface area contributed by atoms with Gasteiger partial charge in [-0.3, -0.25) is 9.59 Å². The molecule has 0 heterocycles. The van der Waals surface area contributed by atoms with E-state index in [1.165, 1.54) is 7.11 Å². The zero-order chi connectivity index (χ0) is 18.1. The summed E-state index contributed by atoms with van der Waals surface area (Å²) in [5, 5.41) is 5.76. The van der Waals surface area contributed by atoms with Crippen molar-refractivity contribution >= 4 is 23.4 Å². The fourth-order valence-electron chi connectivity index (χ4n) is 2.01. The summed E-state index contributed by atoms with van der Waals surface area (Å²) in [6.07, 6.45) is 0. The Balaban J connectivity index is 1.71. The molecule has 132 valence electrons. The zero-order valence-corrected chi connectivity index (χ0v) is 14.5. The van der Waals surface area contributed by atoms with Crippen LogP contribution in [0, 0.1) is 0 Å². The summed E-state index contributed by atoms with van der Waals surface area (Å²) in [6, 6.07) is 14.2. The van der Waals surface area contributed by atoms with Gasteiger partial charge in [-0.25, -0.2) is 0 Å². The van der Waals surface area contributed by atoms with Crippen LogP contribution in [0.25, 0.3) is 0 Å². The lowest BCUT2D eigenvalue weighted by atomic mass is 10.2. The number of nitrogens with one attached hydrogen (secondary N) is 2. The molecule has 2 rings (SSSR count). The summed E-state index contributed by atoms with van der Waals surface area (Å²) in [5.41, 5.74) is 0.809. The third kappa shape index (κ3) is 6.00. The molecule has 0 aliphatic carbocycles. The van der Waals surface area contributed by atoms with Crippen LogP contribution in [0.5, 0.6) is 11.5 Å². The third-order valence-corrected chi connectivity index (χ3v) is 3.68. The third-order valence-electron chi connectivity index (χ3n) is 3.31. The topological polar surface area (TPSA) is 76.7 Å². The molecule has 0 atom stereocenters. The predicted molar refractivity (Wildman–Crippen MR) is 94.8 cm³/mol. The minimum atomic E-state index is -0.404. The standard InChI is InChI=1S/C18H19ClN2O4/c1-24-15-8-4-5-9-16(15)25-12-18(23)21-11-17(22)20-10-13-6-2-3-7-14(13)19/h2-9H,10-12H2,1H3,(H,20,22)(H,21,23). The highest BCUT2D eigenvalue weighted by molar-refractivity contribution is 6.31. The zero-order valence-electron chi connectivity index (χ0n) is 13.8. The first-order valence-corrected chi connectivity index (χ1v) is 8.00. The van der Waals surface area contributed by atoms with Gasteiger partial charge in [0, 0.05) is 11.6 Å². The van der Waals surface area contributed by atoms with Gasteiger partial charge in [0.25, 0.3) is 5.91 Å².